The van der Waals surface area contributed by atoms with E-state index in [0.29, 0.717) is 17.0 Å². The van der Waals surface area contributed by atoms with E-state index in [2.05, 4.69) is 31.1 Å². The monoisotopic (exact) mass is 279 g/mol. The normalized spacial score (nSPS) is 11.2. The lowest BCUT2D eigenvalue weighted by molar-refractivity contribution is 0.100. The van der Waals surface area contributed by atoms with Crippen molar-refractivity contribution in [1.82, 2.24) is 9.78 Å². The molecule has 2 aromatic carbocycles. The molecule has 0 saturated heterocycles. The highest BCUT2D eigenvalue weighted by Gasteiger charge is 2.11. The van der Waals surface area contributed by atoms with Crippen LogP contribution >= 0.6 is 0 Å². The number of fused-ring (bicyclic) bond motifs is 1. The number of rotatable bonds is 3. The van der Waals surface area contributed by atoms with E-state index in [4.69, 9.17) is 5.73 Å². The topological polar surface area (TPSA) is 60.9 Å². The van der Waals surface area contributed by atoms with Gasteiger partial charge >= 0.3 is 0 Å². The summed E-state index contributed by atoms with van der Waals surface area (Å²) in [5.41, 5.74) is 8.73. The van der Waals surface area contributed by atoms with Gasteiger partial charge in [0.25, 0.3) is 5.91 Å². The average molecular weight is 279 g/mol. The van der Waals surface area contributed by atoms with Crippen molar-refractivity contribution in [2.24, 2.45) is 5.73 Å². The number of amides is 1. The summed E-state index contributed by atoms with van der Waals surface area (Å²) >= 11 is 0. The zero-order valence-corrected chi connectivity index (χ0v) is 12.1. The number of hydrogen-bond acceptors (Lipinski definition) is 2. The van der Waals surface area contributed by atoms with Gasteiger partial charge in [0.05, 0.1) is 11.3 Å². The van der Waals surface area contributed by atoms with E-state index in [0.717, 1.165) is 11.1 Å². The lowest BCUT2D eigenvalue weighted by Gasteiger charge is -2.06. The Bertz CT molecular complexity index is 801. The van der Waals surface area contributed by atoms with Crippen LogP contribution in [0.2, 0.25) is 0 Å². The molecular weight excluding hydrogens is 262 g/mol. The Kier molecular flexibility index (Phi) is 3.22. The van der Waals surface area contributed by atoms with Crippen molar-refractivity contribution >= 4 is 16.8 Å². The first-order valence-corrected chi connectivity index (χ1v) is 6.95. The number of aromatic nitrogens is 2. The summed E-state index contributed by atoms with van der Waals surface area (Å²) in [6.07, 6.45) is 1.91. The van der Waals surface area contributed by atoms with Crippen molar-refractivity contribution in [3.05, 3.63) is 59.8 Å². The van der Waals surface area contributed by atoms with Crippen LogP contribution < -0.4 is 5.73 Å². The van der Waals surface area contributed by atoms with Gasteiger partial charge in [-0.3, -0.25) is 4.79 Å². The Labute approximate surface area is 123 Å². The molecule has 106 valence electrons. The van der Waals surface area contributed by atoms with Crippen LogP contribution in [0.1, 0.15) is 35.7 Å². The number of nitrogens with zero attached hydrogens (tertiary/aromatic N) is 2. The average Bonchev–Trinajstić information content (AvgIpc) is 2.90. The number of benzene rings is 2. The third-order valence-corrected chi connectivity index (χ3v) is 3.63. The molecule has 4 nitrogen and oxygen atoms in total. The molecule has 4 heteroatoms. The number of carbonyl (C=O) groups excluding carboxylic acids is 1. The van der Waals surface area contributed by atoms with Gasteiger partial charge in [-0.15, -0.1) is 0 Å². The van der Waals surface area contributed by atoms with Crippen LogP contribution in [0.25, 0.3) is 16.6 Å². The Morgan fingerprint density at radius 2 is 1.86 bits per heavy atom. The molecule has 21 heavy (non-hydrogen) atoms. The summed E-state index contributed by atoms with van der Waals surface area (Å²) in [7, 11) is 0. The van der Waals surface area contributed by atoms with E-state index in [9.17, 15) is 4.79 Å². The minimum Gasteiger partial charge on any atom is -0.366 e. The molecule has 3 aromatic rings. The predicted octanol–water partition coefficient (Wildman–Crippen LogP) is 3.25. The first-order valence-electron chi connectivity index (χ1n) is 6.95. The van der Waals surface area contributed by atoms with E-state index in [1.54, 1.807) is 10.7 Å². The van der Waals surface area contributed by atoms with Crippen molar-refractivity contribution < 1.29 is 4.79 Å². The summed E-state index contributed by atoms with van der Waals surface area (Å²) in [6.45, 7) is 4.33. The van der Waals surface area contributed by atoms with Crippen molar-refractivity contribution in [2.75, 3.05) is 0 Å². The fourth-order valence-corrected chi connectivity index (χ4v) is 2.39. The second kappa shape index (κ2) is 5.05. The van der Waals surface area contributed by atoms with E-state index < -0.39 is 5.91 Å². The molecule has 0 atom stereocenters. The first-order chi connectivity index (χ1) is 10.1. The molecule has 0 bridgehead atoms. The Morgan fingerprint density at radius 1 is 1.14 bits per heavy atom. The highest BCUT2D eigenvalue weighted by atomic mass is 16.1. The Hall–Kier alpha value is -2.62. The van der Waals surface area contributed by atoms with E-state index in [1.807, 2.05) is 30.5 Å². The third kappa shape index (κ3) is 2.40. The molecule has 0 fully saturated rings. The number of hydrogen-bond donors (Lipinski definition) is 1. The molecule has 0 aliphatic carbocycles. The van der Waals surface area contributed by atoms with Gasteiger partial charge in [-0.2, -0.15) is 5.10 Å². The first kappa shape index (κ1) is 13.4. The van der Waals surface area contributed by atoms with Crippen molar-refractivity contribution in [1.29, 1.82) is 0 Å². The van der Waals surface area contributed by atoms with Gasteiger partial charge in [0.2, 0.25) is 0 Å². The summed E-state index contributed by atoms with van der Waals surface area (Å²) in [4.78, 5) is 11.5. The van der Waals surface area contributed by atoms with Gasteiger partial charge in [-0.1, -0.05) is 38.1 Å². The van der Waals surface area contributed by atoms with Gasteiger partial charge in [0, 0.05) is 11.6 Å². The number of carbonyl (C=O) groups is 1. The van der Waals surface area contributed by atoms with E-state index in [-0.39, 0.29) is 0 Å². The highest BCUT2D eigenvalue weighted by Crippen LogP contribution is 2.21. The maximum absolute atomic E-state index is 11.5. The molecule has 0 radical (unpaired) electrons. The zero-order valence-electron chi connectivity index (χ0n) is 12.1. The minimum atomic E-state index is -0.457. The Morgan fingerprint density at radius 3 is 2.48 bits per heavy atom. The van der Waals surface area contributed by atoms with Crippen LogP contribution in [0.4, 0.5) is 0 Å². The SMILES string of the molecule is CC(C)c1ccc(-n2cc3cccc(C(N)=O)c3n2)cc1. The lowest BCUT2D eigenvalue weighted by atomic mass is 10.0. The van der Waals surface area contributed by atoms with E-state index in [1.165, 1.54) is 5.56 Å². The number of nitrogens with two attached hydrogens (primary N) is 1. The maximum atomic E-state index is 11.5. The highest BCUT2D eigenvalue weighted by molar-refractivity contribution is 6.04. The predicted molar refractivity (Wildman–Crippen MR) is 83.7 cm³/mol. The van der Waals surface area contributed by atoms with Crippen LogP contribution in [-0.2, 0) is 0 Å². The molecule has 0 unspecified atom stereocenters. The molecule has 3 rings (SSSR count). The molecule has 0 aliphatic heterocycles. The zero-order chi connectivity index (χ0) is 15.0. The largest absolute Gasteiger partial charge is 0.366 e. The van der Waals surface area contributed by atoms with Crippen molar-refractivity contribution in [3.8, 4) is 5.69 Å². The molecule has 1 aromatic heterocycles. The molecule has 1 heterocycles. The number of primary amides is 1. The van der Waals surface area contributed by atoms with Crippen molar-refractivity contribution in [2.45, 2.75) is 19.8 Å². The summed E-state index contributed by atoms with van der Waals surface area (Å²) in [6, 6.07) is 13.7. The summed E-state index contributed by atoms with van der Waals surface area (Å²) in [5.74, 6) is 0.0400. The van der Waals surface area contributed by atoms with Gasteiger partial charge < -0.3 is 5.73 Å². The quantitative estimate of drug-likeness (QED) is 0.800. The van der Waals surface area contributed by atoms with Crippen LogP contribution in [0.3, 0.4) is 0 Å². The van der Waals surface area contributed by atoms with Gasteiger partial charge in [-0.05, 0) is 29.7 Å². The second-order valence-corrected chi connectivity index (χ2v) is 5.43. The van der Waals surface area contributed by atoms with Gasteiger partial charge in [0.15, 0.2) is 0 Å². The molecule has 0 saturated carbocycles. The van der Waals surface area contributed by atoms with Crippen molar-refractivity contribution in [3.63, 3.8) is 0 Å². The second-order valence-electron chi connectivity index (χ2n) is 5.43. The summed E-state index contributed by atoms with van der Waals surface area (Å²) < 4.78 is 1.78. The molecule has 0 aliphatic rings. The summed E-state index contributed by atoms with van der Waals surface area (Å²) in [5, 5.41) is 5.40. The van der Waals surface area contributed by atoms with Gasteiger partial charge in [-0.25, -0.2) is 4.68 Å². The molecule has 0 spiro atoms. The van der Waals surface area contributed by atoms with E-state index >= 15 is 0 Å². The molecule has 1 amide bonds. The smallest absolute Gasteiger partial charge is 0.250 e. The molecular formula is C17H17N3O. The van der Waals surface area contributed by atoms with Crippen LogP contribution in [0, 0.1) is 0 Å². The van der Waals surface area contributed by atoms with Crippen LogP contribution in [0.5, 0.6) is 0 Å². The third-order valence-electron chi connectivity index (χ3n) is 3.63. The Balaban J connectivity index is 2.09. The minimum absolute atomic E-state index is 0.449. The lowest BCUT2D eigenvalue weighted by Crippen LogP contribution is -2.11. The maximum Gasteiger partial charge on any atom is 0.250 e. The van der Waals surface area contributed by atoms with Crippen LogP contribution in [-0.4, -0.2) is 15.7 Å². The fraction of sp³-hybridized carbons (Fsp3) is 0.176. The fourth-order valence-electron chi connectivity index (χ4n) is 2.39. The van der Waals surface area contributed by atoms with Gasteiger partial charge in [0.1, 0.15) is 5.52 Å². The standard InChI is InChI=1S/C17H17N3O/c1-11(2)12-6-8-14(9-7-12)20-10-13-4-3-5-15(17(18)21)16(13)19-20/h3-11H,1-2H3,(H2,18,21). The van der Waals surface area contributed by atoms with Crippen LogP contribution in [0.15, 0.2) is 48.7 Å². The molecule has 2 N–H and O–H groups in total.